The lowest BCUT2D eigenvalue weighted by atomic mass is 9.78. The summed E-state index contributed by atoms with van der Waals surface area (Å²) in [5, 5.41) is 3.34. The Kier molecular flexibility index (Phi) is 4.07. The lowest BCUT2D eigenvalue weighted by Gasteiger charge is -2.35. The van der Waals surface area contributed by atoms with Gasteiger partial charge in [-0.05, 0) is 48.4 Å². The van der Waals surface area contributed by atoms with Crippen LogP contribution in [0.25, 0.3) is 0 Å². The van der Waals surface area contributed by atoms with Crippen LogP contribution in [0.2, 0.25) is 0 Å². The minimum absolute atomic E-state index is 0.251. The smallest absolute Gasteiger partial charge is 0.248 e. The normalized spacial score (nSPS) is 21.6. The second-order valence-corrected chi connectivity index (χ2v) is 6.39. The van der Waals surface area contributed by atoms with Crippen LogP contribution in [0.4, 0.5) is 8.78 Å². The maximum Gasteiger partial charge on any atom is 0.248 e. The van der Waals surface area contributed by atoms with Gasteiger partial charge in [0.2, 0.25) is 11.5 Å². The van der Waals surface area contributed by atoms with Crippen molar-refractivity contribution in [3.63, 3.8) is 0 Å². The Morgan fingerprint density at radius 3 is 2.52 bits per heavy atom. The summed E-state index contributed by atoms with van der Waals surface area (Å²) >= 11 is 0. The van der Waals surface area contributed by atoms with Crippen LogP contribution in [-0.4, -0.2) is 21.8 Å². The fourth-order valence-electron chi connectivity index (χ4n) is 3.49. The van der Waals surface area contributed by atoms with Gasteiger partial charge < -0.3 is 10.3 Å². The number of H-pyrrole nitrogens is 1. The van der Waals surface area contributed by atoms with Gasteiger partial charge in [0.25, 0.3) is 0 Å². The van der Waals surface area contributed by atoms with Crippen molar-refractivity contribution in [3.05, 3.63) is 99.7 Å². The predicted octanol–water partition coefficient (Wildman–Crippen LogP) is 2.73. The molecule has 2 atom stereocenters. The van der Waals surface area contributed by atoms with Gasteiger partial charge in [0.15, 0.2) is 0 Å². The zero-order valence-electron chi connectivity index (χ0n) is 14.4. The lowest BCUT2D eigenvalue weighted by molar-refractivity contribution is 0.429. The standard InChI is InChI=1S/C20H16F2N4O/c1-12-20(13-5-7-15(21)8-6-13,14-9-10-23-17(22)11-14)26-19(24-12)16-3-2-4-18(27)25-16/h2-12H,1H3,(H,24,26)(H,25,27)/t12-,20+/m0/s1. The second-order valence-electron chi connectivity index (χ2n) is 6.39. The molecular weight excluding hydrogens is 350 g/mol. The average molecular weight is 366 g/mol. The first kappa shape index (κ1) is 17.1. The number of hydrogen-bond acceptors (Lipinski definition) is 4. The summed E-state index contributed by atoms with van der Waals surface area (Å²) in [6.45, 7) is 1.88. The molecule has 2 N–H and O–H groups in total. The topological polar surface area (TPSA) is 70.1 Å². The van der Waals surface area contributed by atoms with E-state index in [1.165, 1.54) is 30.5 Å². The summed E-state index contributed by atoms with van der Waals surface area (Å²) < 4.78 is 27.4. The summed E-state index contributed by atoms with van der Waals surface area (Å²) in [6.07, 6.45) is 1.38. The number of halogens is 2. The third-order valence-corrected chi connectivity index (χ3v) is 4.77. The maximum absolute atomic E-state index is 13.9. The molecule has 4 rings (SSSR count). The van der Waals surface area contributed by atoms with Crippen molar-refractivity contribution in [1.29, 1.82) is 0 Å². The molecule has 0 amide bonds. The summed E-state index contributed by atoms with van der Waals surface area (Å²) in [6, 6.07) is 13.4. The zero-order valence-corrected chi connectivity index (χ0v) is 14.4. The largest absolute Gasteiger partial charge is 0.353 e. The van der Waals surface area contributed by atoms with Crippen LogP contribution in [0.1, 0.15) is 23.7 Å². The SMILES string of the molecule is C[C@@H]1N=C(c2cccc(=O)[nH]2)N[C@]1(c1ccc(F)cc1)c1ccnc(F)c1. The Labute approximate surface area is 153 Å². The highest BCUT2D eigenvalue weighted by molar-refractivity contribution is 5.99. The molecule has 0 bridgehead atoms. The molecule has 1 aliphatic rings. The minimum Gasteiger partial charge on any atom is -0.353 e. The molecule has 1 aromatic carbocycles. The first-order valence-electron chi connectivity index (χ1n) is 8.43. The molecule has 2 aromatic heterocycles. The quantitative estimate of drug-likeness (QED) is 0.701. The third-order valence-electron chi connectivity index (χ3n) is 4.77. The number of aromatic nitrogens is 2. The molecular formula is C20H16F2N4O. The number of hydrogen-bond donors (Lipinski definition) is 2. The van der Waals surface area contributed by atoms with E-state index in [4.69, 9.17) is 0 Å². The molecule has 0 radical (unpaired) electrons. The van der Waals surface area contributed by atoms with Crippen molar-refractivity contribution in [2.24, 2.45) is 4.99 Å². The van der Waals surface area contributed by atoms with Gasteiger partial charge in [0.1, 0.15) is 17.2 Å². The molecule has 0 fully saturated rings. The molecule has 7 heteroatoms. The van der Waals surface area contributed by atoms with E-state index in [0.29, 0.717) is 17.1 Å². The lowest BCUT2D eigenvalue weighted by Crippen LogP contribution is -2.48. The van der Waals surface area contributed by atoms with E-state index >= 15 is 0 Å². The molecule has 27 heavy (non-hydrogen) atoms. The molecule has 136 valence electrons. The minimum atomic E-state index is -0.931. The number of nitrogens with zero attached hydrogens (tertiary/aromatic N) is 2. The molecule has 0 aliphatic carbocycles. The van der Waals surface area contributed by atoms with Crippen LogP contribution >= 0.6 is 0 Å². The predicted molar refractivity (Wildman–Crippen MR) is 97.6 cm³/mol. The van der Waals surface area contributed by atoms with Gasteiger partial charge in [0, 0.05) is 12.3 Å². The van der Waals surface area contributed by atoms with E-state index < -0.39 is 11.5 Å². The molecule has 0 saturated carbocycles. The van der Waals surface area contributed by atoms with Crippen LogP contribution in [-0.2, 0) is 5.54 Å². The van der Waals surface area contributed by atoms with E-state index in [1.54, 1.807) is 30.3 Å². The number of aliphatic imine (C=N–C) groups is 1. The monoisotopic (exact) mass is 366 g/mol. The Hall–Kier alpha value is -3.35. The average Bonchev–Trinajstić information content (AvgIpc) is 3.01. The fraction of sp³-hybridized carbons (Fsp3) is 0.150. The highest BCUT2D eigenvalue weighted by atomic mass is 19.1. The van der Waals surface area contributed by atoms with Gasteiger partial charge >= 0.3 is 0 Å². The van der Waals surface area contributed by atoms with Crippen molar-refractivity contribution in [2.75, 3.05) is 0 Å². The van der Waals surface area contributed by atoms with Crippen LogP contribution in [0.15, 0.2) is 70.6 Å². The number of rotatable bonds is 3. The van der Waals surface area contributed by atoms with Crippen LogP contribution < -0.4 is 10.9 Å². The number of benzene rings is 1. The summed E-state index contributed by atoms with van der Waals surface area (Å²) in [4.78, 5) is 22.7. The molecule has 1 aliphatic heterocycles. The number of aromatic amines is 1. The van der Waals surface area contributed by atoms with E-state index in [-0.39, 0.29) is 17.4 Å². The van der Waals surface area contributed by atoms with Crippen LogP contribution in [0, 0.1) is 11.8 Å². The van der Waals surface area contributed by atoms with Gasteiger partial charge in [0.05, 0.1) is 11.7 Å². The highest BCUT2D eigenvalue weighted by Crippen LogP contribution is 2.38. The molecule has 0 spiro atoms. The number of amidine groups is 1. The number of pyridine rings is 2. The summed E-state index contributed by atoms with van der Waals surface area (Å²) in [7, 11) is 0. The second kappa shape index (κ2) is 6.42. The van der Waals surface area contributed by atoms with Crippen LogP contribution in [0.3, 0.4) is 0 Å². The summed E-state index contributed by atoms with van der Waals surface area (Å²) in [5.74, 6) is -0.514. The fourth-order valence-corrected chi connectivity index (χ4v) is 3.49. The molecule has 3 heterocycles. The number of nitrogens with one attached hydrogen (secondary N) is 2. The highest BCUT2D eigenvalue weighted by Gasteiger charge is 2.45. The van der Waals surface area contributed by atoms with E-state index in [1.807, 2.05) is 6.92 Å². The Morgan fingerprint density at radius 2 is 1.81 bits per heavy atom. The first-order valence-corrected chi connectivity index (χ1v) is 8.43. The van der Waals surface area contributed by atoms with Crippen molar-refractivity contribution in [3.8, 4) is 0 Å². The summed E-state index contributed by atoms with van der Waals surface area (Å²) in [5.41, 5.74) is 0.663. The molecule has 3 aromatic rings. The van der Waals surface area contributed by atoms with Gasteiger partial charge in [-0.3, -0.25) is 9.79 Å². The Balaban J connectivity index is 1.87. The Morgan fingerprint density at radius 1 is 1.04 bits per heavy atom. The Bertz CT molecular complexity index is 1080. The van der Waals surface area contributed by atoms with E-state index in [0.717, 1.165) is 5.56 Å². The van der Waals surface area contributed by atoms with Gasteiger partial charge in [-0.1, -0.05) is 18.2 Å². The molecule has 5 nitrogen and oxygen atoms in total. The third kappa shape index (κ3) is 2.91. The first-order chi connectivity index (χ1) is 13.0. The van der Waals surface area contributed by atoms with Crippen molar-refractivity contribution in [1.82, 2.24) is 15.3 Å². The van der Waals surface area contributed by atoms with Gasteiger partial charge in [-0.15, -0.1) is 0 Å². The maximum atomic E-state index is 13.9. The van der Waals surface area contributed by atoms with Crippen LogP contribution in [0.5, 0.6) is 0 Å². The van der Waals surface area contributed by atoms with Gasteiger partial charge in [-0.25, -0.2) is 9.37 Å². The van der Waals surface area contributed by atoms with Gasteiger partial charge in [-0.2, -0.15) is 4.39 Å². The van der Waals surface area contributed by atoms with Crippen molar-refractivity contribution in [2.45, 2.75) is 18.5 Å². The zero-order chi connectivity index (χ0) is 19.0. The van der Waals surface area contributed by atoms with Crippen molar-refractivity contribution >= 4 is 5.84 Å². The molecule has 0 saturated heterocycles. The molecule has 0 unspecified atom stereocenters. The van der Waals surface area contributed by atoms with E-state index in [2.05, 4.69) is 20.3 Å². The van der Waals surface area contributed by atoms with Crippen molar-refractivity contribution < 1.29 is 8.78 Å². The van der Waals surface area contributed by atoms with E-state index in [9.17, 15) is 13.6 Å².